The van der Waals surface area contributed by atoms with Crippen molar-refractivity contribution in [2.24, 2.45) is 0 Å². The number of unbranched alkanes of at least 4 members (excludes halogenated alkanes) is 29. The Morgan fingerprint density at radius 1 is 0.579 bits per heavy atom. The standard InChI is InChI=1S/C48H95N2O6P/c1-6-8-10-12-13-14-15-16-17-18-19-20-21-22-23-24-25-26-27-28-29-30-31-32-33-34-35-36-38-39-41-47(51)46(49-48(52)42-40-37-11-9-7-2)45-56-57(53,54)55-44-43-50(3,4)5/h34-35,39,41,46-47,51H,6-33,36-38,40,42-45H2,1-5H3,(H-,49,52,53,54)/p+1/b35-34+,41-39+. The number of phosphoric acid groups is 1. The molecular formula is C48H96N2O6P+. The van der Waals surface area contributed by atoms with Crippen molar-refractivity contribution in [2.45, 2.75) is 238 Å². The monoisotopic (exact) mass is 828 g/mol. The summed E-state index contributed by atoms with van der Waals surface area (Å²) in [5.74, 6) is -0.199. The van der Waals surface area contributed by atoms with E-state index in [9.17, 15) is 19.4 Å². The van der Waals surface area contributed by atoms with E-state index in [1.807, 2.05) is 27.2 Å². The van der Waals surface area contributed by atoms with Crippen LogP contribution in [0.1, 0.15) is 226 Å². The Kier molecular flexibility index (Phi) is 39.7. The number of rotatable bonds is 44. The van der Waals surface area contributed by atoms with Crippen LogP contribution in [0, 0.1) is 0 Å². The second-order valence-corrected chi connectivity index (χ2v) is 19.3. The molecule has 1 amide bonds. The highest BCUT2D eigenvalue weighted by Gasteiger charge is 2.27. The molecule has 9 heteroatoms. The minimum atomic E-state index is -4.33. The molecule has 0 aromatic rings. The average Bonchev–Trinajstić information content (AvgIpc) is 3.16. The number of carbonyl (C=O) groups is 1. The molecule has 8 nitrogen and oxygen atoms in total. The Labute approximate surface area is 354 Å². The summed E-state index contributed by atoms with van der Waals surface area (Å²) in [5, 5.41) is 13.7. The first kappa shape index (κ1) is 56.0. The van der Waals surface area contributed by atoms with E-state index in [1.54, 1.807) is 6.08 Å². The number of aliphatic hydroxyl groups is 1. The van der Waals surface area contributed by atoms with Crippen LogP contribution in [-0.2, 0) is 18.4 Å². The number of phosphoric ester groups is 1. The lowest BCUT2D eigenvalue weighted by atomic mass is 10.0. The van der Waals surface area contributed by atoms with Crippen molar-refractivity contribution in [1.82, 2.24) is 5.32 Å². The molecule has 3 unspecified atom stereocenters. The van der Waals surface area contributed by atoms with Gasteiger partial charge in [-0.3, -0.25) is 13.8 Å². The first-order chi connectivity index (χ1) is 27.5. The van der Waals surface area contributed by atoms with Crippen molar-refractivity contribution in [3.05, 3.63) is 24.3 Å². The summed E-state index contributed by atoms with van der Waals surface area (Å²) in [7, 11) is 1.56. The van der Waals surface area contributed by atoms with Crippen molar-refractivity contribution in [2.75, 3.05) is 40.9 Å². The highest BCUT2D eigenvalue weighted by atomic mass is 31.2. The van der Waals surface area contributed by atoms with Gasteiger partial charge in [0.25, 0.3) is 0 Å². The molecule has 57 heavy (non-hydrogen) atoms. The summed E-state index contributed by atoms with van der Waals surface area (Å²) in [5.41, 5.74) is 0. The Morgan fingerprint density at radius 2 is 0.965 bits per heavy atom. The van der Waals surface area contributed by atoms with E-state index in [2.05, 4.69) is 31.3 Å². The number of hydrogen-bond donors (Lipinski definition) is 3. The van der Waals surface area contributed by atoms with Gasteiger partial charge in [-0.25, -0.2) is 4.57 Å². The average molecular weight is 828 g/mol. The maximum atomic E-state index is 12.6. The van der Waals surface area contributed by atoms with Gasteiger partial charge in [0.2, 0.25) is 5.91 Å². The normalized spacial score (nSPS) is 14.4. The number of allylic oxidation sites excluding steroid dienone is 3. The molecule has 0 aromatic carbocycles. The number of nitrogens with one attached hydrogen (secondary N) is 1. The van der Waals surface area contributed by atoms with Crippen LogP contribution < -0.4 is 5.32 Å². The maximum absolute atomic E-state index is 12.6. The first-order valence-corrected chi connectivity index (χ1v) is 25.7. The van der Waals surface area contributed by atoms with E-state index in [4.69, 9.17) is 9.05 Å². The molecule has 0 rings (SSSR count). The molecule has 0 spiro atoms. The lowest BCUT2D eigenvalue weighted by Crippen LogP contribution is -2.45. The van der Waals surface area contributed by atoms with Gasteiger partial charge in [-0.05, 0) is 32.1 Å². The van der Waals surface area contributed by atoms with Gasteiger partial charge < -0.3 is 19.8 Å². The lowest BCUT2D eigenvalue weighted by Gasteiger charge is -2.25. The predicted molar refractivity (Wildman–Crippen MR) is 245 cm³/mol. The van der Waals surface area contributed by atoms with Crippen LogP contribution in [0.25, 0.3) is 0 Å². The predicted octanol–water partition coefficient (Wildman–Crippen LogP) is 13.7. The van der Waals surface area contributed by atoms with Gasteiger partial charge in [0.1, 0.15) is 13.2 Å². The van der Waals surface area contributed by atoms with Crippen molar-refractivity contribution in [3.63, 3.8) is 0 Å². The molecule has 0 radical (unpaired) electrons. The molecular weight excluding hydrogens is 732 g/mol. The van der Waals surface area contributed by atoms with E-state index in [-0.39, 0.29) is 19.1 Å². The molecule has 0 heterocycles. The summed E-state index contributed by atoms with van der Waals surface area (Å²) in [6.45, 7) is 4.71. The summed E-state index contributed by atoms with van der Waals surface area (Å²) in [4.78, 5) is 22.8. The summed E-state index contributed by atoms with van der Waals surface area (Å²) < 4.78 is 23.4. The van der Waals surface area contributed by atoms with Gasteiger partial charge >= 0.3 is 7.82 Å². The Balaban J connectivity index is 3.97. The molecule has 0 aliphatic carbocycles. The number of aliphatic hydroxyl groups excluding tert-OH is 1. The van der Waals surface area contributed by atoms with Gasteiger partial charge in [0.15, 0.2) is 0 Å². The molecule has 0 bridgehead atoms. The van der Waals surface area contributed by atoms with Gasteiger partial charge in [-0.2, -0.15) is 0 Å². The third-order valence-electron chi connectivity index (χ3n) is 10.9. The largest absolute Gasteiger partial charge is 0.472 e. The van der Waals surface area contributed by atoms with Crippen molar-refractivity contribution < 1.29 is 32.9 Å². The first-order valence-electron chi connectivity index (χ1n) is 24.2. The quantitative estimate of drug-likeness (QED) is 0.0244. The highest BCUT2D eigenvalue weighted by molar-refractivity contribution is 7.47. The van der Waals surface area contributed by atoms with E-state index in [0.717, 1.165) is 51.4 Å². The summed E-state index contributed by atoms with van der Waals surface area (Å²) in [6.07, 6.45) is 49.1. The van der Waals surface area contributed by atoms with E-state index in [0.29, 0.717) is 17.4 Å². The Hall–Kier alpha value is -1.02. The van der Waals surface area contributed by atoms with Crippen LogP contribution in [0.15, 0.2) is 24.3 Å². The lowest BCUT2D eigenvalue weighted by molar-refractivity contribution is -0.870. The second kappa shape index (κ2) is 40.4. The van der Waals surface area contributed by atoms with Gasteiger partial charge in [-0.15, -0.1) is 0 Å². The van der Waals surface area contributed by atoms with Crippen molar-refractivity contribution in [3.8, 4) is 0 Å². The van der Waals surface area contributed by atoms with Crippen LogP contribution in [0.4, 0.5) is 0 Å². The Morgan fingerprint density at radius 3 is 1.40 bits per heavy atom. The van der Waals surface area contributed by atoms with Crippen molar-refractivity contribution >= 4 is 13.7 Å². The number of quaternary nitrogens is 1. The number of carbonyl (C=O) groups excluding carboxylic acids is 1. The molecule has 338 valence electrons. The maximum Gasteiger partial charge on any atom is 0.472 e. The van der Waals surface area contributed by atoms with Gasteiger partial charge in [-0.1, -0.05) is 212 Å². The van der Waals surface area contributed by atoms with Crippen LogP contribution in [0.3, 0.4) is 0 Å². The van der Waals surface area contributed by atoms with Gasteiger partial charge in [0.05, 0.1) is 39.9 Å². The zero-order chi connectivity index (χ0) is 42.1. The summed E-state index contributed by atoms with van der Waals surface area (Å²) in [6, 6.07) is -0.855. The molecule has 0 saturated heterocycles. The fourth-order valence-electron chi connectivity index (χ4n) is 7.06. The van der Waals surface area contributed by atoms with Crippen LogP contribution in [0.2, 0.25) is 0 Å². The van der Waals surface area contributed by atoms with Crippen LogP contribution in [0.5, 0.6) is 0 Å². The SMILES string of the molecule is CCCCCCCCCCCCCCCCCCCCCCCCCC/C=C/CC/C=C/C(O)C(COP(=O)(O)OCC[N+](C)(C)C)NC(=O)CCCCCCC. The summed E-state index contributed by atoms with van der Waals surface area (Å²) >= 11 is 0. The molecule has 0 saturated carbocycles. The second-order valence-electron chi connectivity index (χ2n) is 17.8. The zero-order valence-corrected chi connectivity index (χ0v) is 39.2. The molecule has 3 atom stereocenters. The Bertz CT molecular complexity index is 984. The smallest absolute Gasteiger partial charge is 0.387 e. The number of amides is 1. The van der Waals surface area contributed by atoms with Crippen molar-refractivity contribution in [1.29, 1.82) is 0 Å². The minimum Gasteiger partial charge on any atom is -0.387 e. The molecule has 0 aromatic heterocycles. The fourth-order valence-corrected chi connectivity index (χ4v) is 7.79. The third-order valence-corrected chi connectivity index (χ3v) is 11.9. The van der Waals surface area contributed by atoms with Crippen LogP contribution in [-0.4, -0.2) is 73.4 Å². The van der Waals surface area contributed by atoms with Crippen LogP contribution >= 0.6 is 7.82 Å². The van der Waals surface area contributed by atoms with E-state index in [1.165, 1.54) is 154 Å². The molecule has 0 aliphatic rings. The topological polar surface area (TPSA) is 105 Å². The zero-order valence-electron chi connectivity index (χ0n) is 38.3. The van der Waals surface area contributed by atoms with Gasteiger partial charge in [0, 0.05) is 6.42 Å². The van der Waals surface area contributed by atoms with E-state index >= 15 is 0 Å². The highest BCUT2D eigenvalue weighted by Crippen LogP contribution is 2.43. The molecule has 3 N–H and O–H groups in total. The van der Waals surface area contributed by atoms with E-state index < -0.39 is 20.0 Å². The molecule has 0 aliphatic heterocycles. The fraction of sp³-hybridized carbons (Fsp3) is 0.896. The number of likely N-dealkylation sites (N-methyl/N-ethyl adjacent to an activating group) is 1. The molecule has 0 fully saturated rings. The number of nitrogens with zero attached hydrogens (tertiary/aromatic N) is 1. The minimum absolute atomic E-state index is 0.0572. The third kappa shape index (κ3) is 42.9. The number of hydrogen-bond acceptors (Lipinski definition) is 5.